The summed E-state index contributed by atoms with van der Waals surface area (Å²) in [4.78, 5) is 27.2. The van der Waals surface area contributed by atoms with E-state index in [0.29, 0.717) is 17.1 Å². The predicted octanol–water partition coefficient (Wildman–Crippen LogP) is 7.46. The van der Waals surface area contributed by atoms with Gasteiger partial charge in [-0.15, -0.1) is 11.3 Å². The molecule has 8 heteroatoms. The number of hydrogen-bond donors (Lipinski definition) is 0. The lowest BCUT2D eigenvalue weighted by Gasteiger charge is -2.29. The summed E-state index contributed by atoms with van der Waals surface area (Å²) in [5.74, 6) is 0.415. The zero-order chi connectivity index (χ0) is 26.0. The summed E-state index contributed by atoms with van der Waals surface area (Å²) in [5.41, 5.74) is 1.56. The second-order valence-electron chi connectivity index (χ2n) is 8.91. The number of carbonyl (C=O) groups is 1. The molecule has 35 heavy (non-hydrogen) atoms. The number of piperidine rings is 1. The molecule has 0 saturated carbocycles. The summed E-state index contributed by atoms with van der Waals surface area (Å²) in [6, 6.07) is 8.49. The van der Waals surface area contributed by atoms with Crippen LogP contribution < -0.4 is 0 Å². The number of benzene rings is 1. The minimum absolute atomic E-state index is 0.160. The van der Waals surface area contributed by atoms with Crippen LogP contribution in [0.1, 0.15) is 64.7 Å². The molecule has 0 N–H and O–H groups in total. The second kappa shape index (κ2) is 13.3. The van der Waals surface area contributed by atoms with Crippen LogP contribution in [0.2, 0.25) is 0 Å². The molecule has 0 aliphatic carbocycles. The van der Waals surface area contributed by atoms with Gasteiger partial charge in [0.25, 0.3) is 0 Å². The Labute approximate surface area is 212 Å². The lowest BCUT2D eigenvalue weighted by atomic mass is 10.1. The summed E-state index contributed by atoms with van der Waals surface area (Å²) < 4.78 is 19.3. The molecule has 1 amide bonds. The van der Waals surface area contributed by atoms with E-state index in [4.69, 9.17) is 4.74 Å². The van der Waals surface area contributed by atoms with Gasteiger partial charge in [0.15, 0.2) is 0 Å². The van der Waals surface area contributed by atoms with Crippen LogP contribution >= 0.6 is 11.3 Å². The molecule has 0 spiro atoms. The average Bonchev–Trinajstić information content (AvgIpc) is 3.22. The second-order valence-corrected chi connectivity index (χ2v) is 10.1. The maximum Gasteiger partial charge on any atom is 0.410 e. The summed E-state index contributed by atoms with van der Waals surface area (Å²) in [5, 5.41) is 0.884. The van der Waals surface area contributed by atoms with Gasteiger partial charge in [0, 0.05) is 24.8 Å². The molecule has 3 aromatic rings. The molecule has 0 radical (unpaired) electrons. The van der Waals surface area contributed by atoms with Gasteiger partial charge in [0.1, 0.15) is 17.2 Å². The molecular formula is C27H37FN4O2S. The Kier molecular flexibility index (Phi) is 10.8. The molecule has 0 unspecified atom stereocenters. The topological polar surface area (TPSA) is 68.2 Å². The van der Waals surface area contributed by atoms with Crippen molar-refractivity contribution in [2.24, 2.45) is 0 Å². The third kappa shape index (κ3) is 8.69. The van der Waals surface area contributed by atoms with Crippen LogP contribution in [0.4, 0.5) is 9.18 Å². The third-order valence-electron chi connectivity index (χ3n) is 4.88. The minimum atomic E-state index is -0.367. The maximum atomic E-state index is 14.0. The van der Waals surface area contributed by atoms with Gasteiger partial charge in [-0.1, -0.05) is 26.0 Å². The van der Waals surface area contributed by atoms with Crippen molar-refractivity contribution in [3.8, 4) is 21.8 Å². The lowest BCUT2D eigenvalue weighted by molar-refractivity contribution is 0.0216. The molecule has 2 aromatic heterocycles. The van der Waals surface area contributed by atoms with Gasteiger partial charge < -0.3 is 9.64 Å². The Hall–Kier alpha value is -2.87. The zero-order valence-electron chi connectivity index (χ0n) is 21.9. The van der Waals surface area contributed by atoms with Crippen LogP contribution in [0.5, 0.6) is 0 Å². The number of ether oxygens (including phenoxy) is 1. The predicted molar refractivity (Wildman–Crippen MR) is 141 cm³/mol. The average molecular weight is 501 g/mol. The van der Waals surface area contributed by atoms with Crippen LogP contribution in [0.25, 0.3) is 21.8 Å². The Balaban J connectivity index is 0.000000251. The molecule has 1 fully saturated rings. The summed E-state index contributed by atoms with van der Waals surface area (Å²) in [6.45, 7) is 15.1. The lowest BCUT2D eigenvalue weighted by Crippen LogP contribution is -2.39. The number of thiazole rings is 1. The van der Waals surface area contributed by atoms with Crippen LogP contribution in [0.3, 0.4) is 0 Å². The Bertz CT molecular complexity index is 1090. The van der Waals surface area contributed by atoms with Crippen LogP contribution in [-0.2, 0) is 4.74 Å². The molecule has 1 aliphatic heterocycles. The van der Waals surface area contributed by atoms with E-state index < -0.39 is 0 Å². The van der Waals surface area contributed by atoms with Gasteiger partial charge in [-0.2, -0.15) is 0 Å². The number of amides is 1. The van der Waals surface area contributed by atoms with E-state index in [0.717, 1.165) is 41.5 Å². The number of aryl methyl sites for hydroxylation is 2. The third-order valence-corrected chi connectivity index (χ3v) is 5.87. The molecule has 1 aliphatic rings. The number of hydrogen-bond acceptors (Lipinski definition) is 6. The van der Waals surface area contributed by atoms with Crippen LogP contribution in [-0.4, -0.2) is 44.6 Å². The van der Waals surface area contributed by atoms with Gasteiger partial charge >= 0.3 is 6.09 Å². The molecular weight excluding hydrogens is 463 g/mol. The molecule has 1 aromatic carbocycles. The standard InChI is InChI=1S/C15H12FN3S.C10H19NO2.C2H6/c1-9-17-8-7-13(18-9)15-14(19-10(2)20-15)11-5-3-4-6-12(11)16;1-10(2,3)13-9(12)11-7-5-4-6-8-11;1-2/h3-8H,1-2H3;4-8H2,1-3H3;1-2H3. The molecule has 190 valence electrons. The highest BCUT2D eigenvalue weighted by molar-refractivity contribution is 7.15. The van der Waals surface area contributed by atoms with E-state index in [2.05, 4.69) is 15.0 Å². The van der Waals surface area contributed by atoms with Crippen LogP contribution in [0.15, 0.2) is 36.5 Å². The highest BCUT2D eigenvalue weighted by Gasteiger charge is 2.23. The summed E-state index contributed by atoms with van der Waals surface area (Å²) in [7, 11) is 0. The van der Waals surface area contributed by atoms with Gasteiger partial charge in [-0.3, -0.25) is 0 Å². The van der Waals surface area contributed by atoms with Crippen LogP contribution in [0, 0.1) is 19.7 Å². The van der Waals surface area contributed by atoms with E-state index in [9.17, 15) is 9.18 Å². The molecule has 4 rings (SSSR count). The Morgan fingerprint density at radius 1 is 1.03 bits per heavy atom. The number of aromatic nitrogens is 3. The van der Waals surface area contributed by atoms with Crippen molar-refractivity contribution in [3.05, 3.63) is 53.2 Å². The van der Waals surface area contributed by atoms with Crippen molar-refractivity contribution in [1.82, 2.24) is 19.9 Å². The normalized spacial score (nSPS) is 13.2. The number of rotatable bonds is 2. The smallest absolute Gasteiger partial charge is 0.410 e. The van der Waals surface area contributed by atoms with Gasteiger partial charge in [0.2, 0.25) is 0 Å². The van der Waals surface area contributed by atoms with Crippen molar-refractivity contribution in [2.45, 2.75) is 73.3 Å². The fourth-order valence-corrected chi connectivity index (χ4v) is 4.32. The van der Waals surface area contributed by atoms with Crippen molar-refractivity contribution < 1.29 is 13.9 Å². The zero-order valence-corrected chi connectivity index (χ0v) is 22.7. The van der Waals surface area contributed by atoms with E-state index in [1.807, 2.05) is 60.6 Å². The van der Waals surface area contributed by atoms with Crippen molar-refractivity contribution in [2.75, 3.05) is 13.1 Å². The number of carbonyl (C=O) groups excluding carboxylic acids is 1. The van der Waals surface area contributed by atoms with Crippen molar-refractivity contribution >= 4 is 17.4 Å². The first-order valence-electron chi connectivity index (χ1n) is 12.1. The van der Waals surface area contributed by atoms with Gasteiger partial charge in [0.05, 0.1) is 21.3 Å². The molecule has 0 bridgehead atoms. The van der Waals surface area contributed by atoms with Crippen molar-refractivity contribution in [1.29, 1.82) is 0 Å². The SMILES string of the molecule is CC.CC(C)(C)OC(=O)N1CCCCC1.Cc1nccc(-c2sc(C)nc2-c2ccccc2F)n1. The maximum absolute atomic E-state index is 14.0. The minimum Gasteiger partial charge on any atom is -0.444 e. The fourth-order valence-electron chi connectivity index (χ4n) is 3.42. The molecule has 0 atom stereocenters. The fraction of sp³-hybridized carbons (Fsp3) is 0.481. The largest absolute Gasteiger partial charge is 0.444 e. The molecule has 1 saturated heterocycles. The first kappa shape index (κ1) is 28.4. The quantitative estimate of drug-likeness (QED) is 0.365. The van der Waals surface area contributed by atoms with E-state index in [1.54, 1.807) is 23.2 Å². The Morgan fingerprint density at radius 2 is 1.69 bits per heavy atom. The van der Waals surface area contributed by atoms with Gasteiger partial charge in [-0.05, 0) is 72.1 Å². The highest BCUT2D eigenvalue weighted by Crippen LogP contribution is 2.36. The van der Waals surface area contributed by atoms with Gasteiger partial charge in [-0.25, -0.2) is 24.1 Å². The molecule has 3 heterocycles. The summed E-state index contributed by atoms with van der Waals surface area (Å²) in [6.07, 6.45) is 5.00. The monoisotopic (exact) mass is 500 g/mol. The first-order chi connectivity index (χ1) is 16.6. The Morgan fingerprint density at radius 3 is 2.29 bits per heavy atom. The highest BCUT2D eigenvalue weighted by atomic mass is 32.1. The number of likely N-dealkylation sites (tertiary alicyclic amines) is 1. The number of nitrogens with zero attached hydrogens (tertiary/aromatic N) is 4. The number of halogens is 1. The first-order valence-corrected chi connectivity index (χ1v) is 13.0. The van der Waals surface area contributed by atoms with E-state index in [1.165, 1.54) is 23.8 Å². The van der Waals surface area contributed by atoms with E-state index in [-0.39, 0.29) is 17.5 Å². The van der Waals surface area contributed by atoms with Crippen molar-refractivity contribution in [3.63, 3.8) is 0 Å². The summed E-state index contributed by atoms with van der Waals surface area (Å²) >= 11 is 1.51. The van der Waals surface area contributed by atoms with E-state index >= 15 is 0 Å². The molecule has 6 nitrogen and oxygen atoms in total.